The summed E-state index contributed by atoms with van der Waals surface area (Å²) >= 11 is 0. The molecule has 2 aliphatic rings. The van der Waals surface area contributed by atoms with Crippen molar-refractivity contribution in [1.82, 2.24) is 39.9 Å². The first-order valence-electron chi connectivity index (χ1n) is 16.2. The minimum absolute atomic E-state index is 0. The summed E-state index contributed by atoms with van der Waals surface area (Å²) in [4.78, 5) is 40.8. The van der Waals surface area contributed by atoms with Crippen molar-refractivity contribution in [3.05, 3.63) is 83.9 Å². The Bertz CT molecular complexity index is 2460. The van der Waals surface area contributed by atoms with E-state index in [1.54, 1.807) is 0 Å². The van der Waals surface area contributed by atoms with Gasteiger partial charge in [-0.25, -0.2) is 9.97 Å². The van der Waals surface area contributed by atoms with Crippen LogP contribution in [-0.4, -0.2) is 44.0 Å². The van der Waals surface area contributed by atoms with Gasteiger partial charge in [0, 0.05) is 70.3 Å². The van der Waals surface area contributed by atoms with Gasteiger partial charge in [-0.3, -0.25) is 0 Å². The number of nitrogens with zero attached hydrogens (tertiary/aromatic N) is 8. The van der Waals surface area contributed by atoms with Gasteiger partial charge < -0.3 is 40.5 Å². The Morgan fingerprint density at radius 1 is 0.490 bits per heavy atom. The van der Waals surface area contributed by atoms with Crippen molar-refractivity contribution in [2.24, 2.45) is 0 Å². The number of aryl methyl sites for hydroxylation is 2. The fraction of sp³-hybridized carbons (Fsp3) is 0.158. The molecular formula is C38H30CuN10. The molecule has 2 aliphatic heterocycles. The maximum absolute atomic E-state index is 5.15. The third kappa shape index (κ3) is 4.61. The first kappa shape index (κ1) is 30.7. The van der Waals surface area contributed by atoms with Gasteiger partial charge in [-0.15, -0.1) is 0 Å². The van der Waals surface area contributed by atoms with Crippen molar-refractivity contribution < 1.29 is 17.1 Å². The van der Waals surface area contributed by atoms with Gasteiger partial charge in [-0.2, -0.15) is 0 Å². The van der Waals surface area contributed by atoms with Gasteiger partial charge in [-0.1, -0.05) is 74.5 Å². The summed E-state index contributed by atoms with van der Waals surface area (Å²) in [5.41, 5.74) is 9.77. The summed E-state index contributed by atoms with van der Waals surface area (Å²) in [5.74, 6) is 2.14. The van der Waals surface area contributed by atoms with Crippen LogP contribution < -0.4 is 20.6 Å². The number of rotatable bonds is 4. The average Bonchev–Trinajstić information content (AvgIpc) is 3.86. The Hall–Kier alpha value is -5.64. The smallest absolute Gasteiger partial charge is 0.388 e. The predicted molar refractivity (Wildman–Crippen MR) is 192 cm³/mol. The topological polar surface area (TPSA) is 130 Å². The largest absolute Gasteiger partial charge is 2.00 e. The van der Waals surface area contributed by atoms with E-state index in [1.165, 1.54) is 0 Å². The van der Waals surface area contributed by atoms with Crippen LogP contribution in [0.3, 0.4) is 0 Å². The number of hydrogen-bond donors (Lipinski definition) is 2. The Balaban J connectivity index is 0.00000348. The van der Waals surface area contributed by atoms with Crippen molar-refractivity contribution in [3.8, 4) is 45.6 Å². The molecule has 0 saturated carbocycles. The monoisotopic (exact) mass is 689 g/mol. The molecular weight excluding hydrogens is 660 g/mol. The van der Waals surface area contributed by atoms with Crippen LogP contribution in [0.5, 0.6) is 0 Å². The maximum Gasteiger partial charge on any atom is 2.00 e. The third-order valence-electron chi connectivity index (χ3n) is 9.28. The second kappa shape index (κ2) is 11.8. The van der Waals surface area contributed by atoms with Gasteiger partial charge in [0.15, 0.2) is 0 Å². The summed E-state index contributed by atoms with van der Waals surface area (Å²) in [6.45, 7) is 4.28. The number of anilines is 2. The quantitative estimate of drug-likeness (QED) is 0.181. The SMILES string of the molecule is CCc1cccc2c3nc4nc(nc5[n-]c(nc6nc(nc([n-]3)c12)-c1cccc(NC)c1-6)c1cccc(CC)c51)-c1cccc(NC)c1-4.[Cu+2]. The molecule has 2 N–H and O–H groups in total. The van der Waals surface area contributed by atoms with E-state index in [9.17, 15) is 0 Å². The van der Waals surface area contributed by atoms with E-state index in [0.29, 0.717) is 45.9 Å². The molecule has 9 rings (SSSR count). The average molecular weight is 690 g/mol. The molecule has 4 aromatic carbocycles. The van der Waals surface area contributed by atoms with Gasteiger partial charge in [0.05, 0.1) is 23.3 Å². The minimum Gasteiger partial charge on any atom is -0.388 e. The van der Waals surface area contributed by atoms with E-state index in [0.717, 1.165) is 79.1 Å². The standard InChI is InChI=1S/C38H30N10.Cu/c1-5-19-11-7-13-21-27(19)35-41-31(21)45-37-30-24(16-10-18-26(30)40-4)34(48-37)44-36-28-20(6-2)12-8-14-22(28)32(42-36)46-38-29-23(33(43-35)47-38)15-9-17-25(29)39-3;/h7-18,39-40H,5-6H2,1-4H3;/q-2;+2. The van der Waals surface area contributed by atoms with Crippen molar-refractivity contribution >= 4 is 55.5 Å². The Morgan fingerprint density at radius 3 is 1.31 bits per heavy atom. The van der Waals surface area contributed by atoms with Crippen molar-refractivity contribution in [3.63, 3.8) is 0 Å². The number of fused-ring (bicyclic) bond motifs is 20. The van der Waals surface area contributed by atoms with E-state index in [-0.39, 0.29) is 17.1 Å². The first-order valence-corrected chi connectivity index (χ1v) is 16.2. The van der Waals surface area contributed by atoms with E-state index < -0.39 is 0 Å². The molecule has 7 aromatic rings. The van der Waals surface area contributed by atoms with Crippen molar-refractivity contribution in [2.75, 3.05) is 24.7 Å². The summed E-state index contributed by atoms with van der Waals surface area (Å²) in [5, 5.41) is 10.4. The number of aromatic nitrogens is 8. The van der Waals surface area contributed by atoms with Crippen LogP contribution in [0, 0.1) is 0 Å². The maximum atomic E-state index is 5.15. The van der Waals surface area contributed by atoms with Crippen LogP contribution in [0.15, 0.2) is 72.8 Å². The van der Waals surface area contributed by atoms with Crippen LogP contribution in [0.4, 0.5) is 11.4 Å². The normalized spacial score (nSPS) is 11.7. The fourth-order valence-corrected chi connectivity index (χ4v) is 7.00. The first-order chi connectivity index (χ1) is 23.6. The zero-order valence-corrected chi connectivity index (χ0v) is 28.2. The van der Waals surface area contributed by atoms with Gasteiger partial charge in [0.2, 0.25) is 0 Å². The predicted octanol–water partition coefficient (Wildman–Crippen LogP) is 7.33. The summed E-state index contributed by atoms with van der Waals surface area (Å²) in [6.07, 6.45) is 1.62. The Morgan fingerprint density at radius 2 is 0.898 bits per heavy atom. The van der Waals surface area contributed by atoms with E-state index >= 15 is 0 Å². The van der Waals surface area contributed by atoms with Gasteiger partial charge in [-0.05, 0) is 57.6 Å². The molecule has 1 radical (unpaired) electrons. The molecule has 0 saturated heterocycles. The molecule has 11 heteroatoms. The van der Waals surface area contributed by atoms with Crippen LogP contribution in [0.1, 0.15) is 25.0 Å². The molecule has 0 spiro atoms. The van der Waals surface area contributed by atoms with Crippen LogP contribution >= 0.6 is 0 Å². The molecule has 0 aliphatic carbocycles. The minimum atomic E-state index is 0. The second-order valence-corrected chi connectivity index (χ2v) is 11.8. The zero-order chi connectivity index (χ0) is 32.5. The zero-order valence-electron chi connectivity index (χ0n) is 27.2. The fourth-order valence-electron chi connectivity index (χ4n) is 7.00. The molecule has 49 heavy (non-hydrogen) atoms. The molecule has 0 fully saturated rings. The number of nitrogens with one attached hydrogen (secondary N) is 2. The molecule has 3 aromatic heterocycles. The van der Waals surface area contributed by atoms with E-state index in [1.807, 2.05) is 74.8 Å². The summed E-state index contributed by atoms with van der Waals surface area (Å²) in [7, 11) is 3.80. The molecule has 10 nitrogen and oxygen atoms in total. The van der Waals surface area contributed by atoms with Crippen LogP contribution in [0.25, 0.3) is 89.7 Å². The Kier molecular flexibility index (Phi) is 7.39. The van der Waals surface area contributed by atoms with Crippen LogP contribution in [-0.2, 0) is 29.9 Å². The van der Waals surface area contributed by atoms with Crippen LogP contribution in [0.2, 0.25) is 0 Å². The second-order valence-electron chi connectivity index (χ2n) is 11.8. The molecule has 0 atom stereocenters. The Labute approximate surface area is 292 Å². The third-order valence-corrected chi connectivity index (χ3v) is 9.28. The van der Waals surface area contributed by atoms with Crippen molar-refractivity contribution in [2.45, 2.75) is 26.7 Å². The molecule has 243 valence electrons. The van der Waals surface area contributed by atoms with E-state index in [2.05, 4.69) is 36.6 Å². The summed E-state index contributed by atoms with van der Waals surface area (Å²) < 4.78 is 0. The van der Waals surface area contributed by atoms with Gasteiger partial charge >= 0.3 is 17.1 Å². The molecule has 8 bridgehead atoms. The number of hydrogen-bond acceptors (Lipinski definition) is 8. The van der Waals surface area contributed by atoms with Gasteiger partial charge in [0.1, 0.15) is 0 Å². The molecule has 5 heterocycles. The van der Waals surface area contributed by atoms with Crippen molar-refractivity contribution in [1.29, 1.82) is 0 Å². The molecule has 0 amide bonds. The van der Waals surface area contributed by atoms with Gasteiger partial charge in [0.25, 0.3) is 0 Å². The molecule has 0 unspecified atom stereocenters. The summed E-state index contributed by atoms with van der Waals surface area (Å²) in [6, 6.07) is 24.5. The van der Waals surface area contributed by atoms with E-state index in [4.69, 9.17) is 39.9 Å². The number of benzene rings is 4.